The summed E-state index contributed by atoms with van der Waals surface area (Å²) in [4.78, 5) is 0. The van der Waals surface area contributed by atoms with E-state index in [4.69, 9.17) is 11.5 Å². The average Bonchev–Trinajstić information content (AvgIpc) is 1.98. The van der Waals surface area contributed by atoms with E-state index >= 15 is 0 Å². The second-order valence-corrected chi connectivity index (χ2v) is 3.85. The molecular formula is C9H13BrN2. The van der Waals surface area contributed by atoms with E-state index < -0.39 is 0 Å². The molecule has 0 bridgehead atoms. The van der Waals surface area contributed by atoms with Crippen LogP contribution in [0.3, 0.4) is 0 Å². The number of hydrogen-bond donors (Lipinski definition) is 2. The molecular weight excluding hydrogens is 216 g/mol. The molecule has 0 saturated heterocycles. The largest absolute Gasteiger partial charge is 0.398 e. The van der Waals surface area contributed by atoms with Crippen molar-refractivity contribution in [3.63, 3.8) is 0 Å². The van der Waals surface area contributed by atoms with Crippen LogP contribution in [0.5, 0.6) is 0 Å². The summed E-state index contributed by atoms with van der Waals surface area (Å²) in [7, 11) is 0. The van der Waals surface area contributed by atoms with E-state index in [0.717, 1.165) is 22.1 Å². The molecule has 1 rings (SSSR count). The minimum atomic E-state index is 0.154. The van der Waals surface area contributed by atoms with E-state index in [1.54, 1.807) is 0 Å². The predicted molar refractivity (Wildman–Crippen MR) is 55.9 cm³/mol. The normalized spacial score (nSPS) is 12.9. The van der Waals surface area contributed by atoms with Gasteiger partial charge in [-0.2, -0.15) is 0 Å². The zero-order valence-electron chi connectivity index (χ0n) is 7.05. The van der Waals surface area contributed by atoms with Gasteiger partial charge in [-0.25, -0.2) is 0 Å². The van der Waals surface area contributed by atoms with Crippen LogP contribution in [0.25, 0.3) is 0 Å². The highest BCUT2D eigenvalue weighted by Crippen LogP contribution is 2.23. The van der Waals surface area contributed by atoms with Gasteiger partial charge in [0.05, 0.1) is 0 Å². The Labute approximate surface area is 81.1 Å². The van der Waals surface area contributed by atoms with Crippen molar-refractivity contribution < 1.29 is 0 Å². The summed E-state index contributed by atoms with van der Waals surface area (Å²) < 4.78 is 0.945. The van der Waals surface area contributed by atoms with Gasteiger partial charge < -0.3 is 11.5 Å². The van der Waals surface area contributed by atoms with Crippen molar-refractivity contribution in [2.75, 3.05) is 5.73 Å². The maximum absolute atomic E-state index is 5.83. The zero-order valence-corrected chi connectivity index (χ0v) is 8.64. The second kappa shape index (κ2) is 3.92. The maximum atomic E-state index is 5.83. The van der Waals surface area contributed by atoms with Crippen LogP contribution < -0.4 is 11.5 Å². The molecule has 0 heterocycles. The lowest BCUT2D eigenvalue weighted by molar-refractivity contribution is 0.739. The van der Waals surface area contributed by atoms with Crippen molar-refractivity contribution in [2.24, 2.45) is 5.73 Å². The van der Waals surface area contributed by atoms with Crippen LogP contribution in [0.4, 0.5) is 5.69 Å². The Morgan fingerprint density at radius 2 is 2.17 bits per heavy atom. The summed E-state index contributed by atoms with van der Waals surface area (Å²) >= 11 is 3.37. The fourth-order valence-electron chi connectivity index (χ4n) is 1.11. The van der Waals surface area contributed by atoms with E-state index in [1.807, 2.05) is 25.1 Å². The zero-order chi connectivity index (χ0) is 9.14. The third-order valence-corrected chi connectivity index (χ3v) is 2.38. The van der Waals surface area contributed by atoms with Gasteiger partial charge in [0.1, 0.15) is 0 Å². The van der Waals surface area contributed by atoms with Gasteiger partial charge in [-0.05, 0) is 40.9 Å². The summed E-state index contributed by atoms with van der Waals surface area (Å²) in [5.41, 5.74) is 13.4. The Morgan fingerprint density at radius 3 is 2.75 bits per heavy atom. The molecule has 1 unspecified atom stereocenters. The van der Waals surface area contributed by atoms with Gasteiger partial charge in [0.25, 0.3) is 0 Å². The topological polar surface area (TPSA) is 52.0 Å². The summed E-state index contributed by atoms with van der Waals surface area (Å²) in [5.74, 6) is 0. The molecule has 4 N–H and O–H groups in total. The van der Waals surface area contributed by atoms with Gasteiger partial charge >= 0.3 is 0 Å². The first-order chi connectivity index (χ1) is 5.61. The van der Waals surface area contributed by atoms with Crippen LogP contribution >= 0.6 is 15.9 Å². The number of para-hydroxylation sites is 1. The number of benzene rings is 1. The standard InChI is InChI=1S/C9H13BrN2/c1-6(11)5-7-3-2-4-8(10)9(7)12/h2-4,6H,5,11-12H2,1H3. The number of anilines is 1. The molecule has 66 valence electrons. The number of halogens is 1. The number of hydrogen-bond acceptors (Lipinski definition) is 2. The average molecular weight is 229 g/mol. The molecule has 3 heteroatoms. The molecule has 0 aromatic heterocycles. The van der Waals surface area contributed by atoms with Crippen molar-refractivity contribution in [3.05, 3.63) is 28.2 Å². The van der Waals surface area contributed by atoms with Crippen LogP contribution in [-0.4, -0.2) is 6.04 Å². The lowest BCUT2D eigenvalue weighted by atomic mass is 10.1. The third-order valence-electron chi connectivity index (χ3n) is 1.69. The van der Waals surface area contributed by atoms with E-state index in [2.05, 4.69) is 15.9 Å². The smallest absolute Gasteiger partial charge is 0.0491 e. The van der Waals surface area contributed by atoms with Gasteiger partial charge in [0, 0.05) is 16.2 Å². The molecule has 0 spiro atoms. The third kappa shape index (κ3) is 2.22. The minimum absolute atomic E-state index is 0.154. The number of nitrogens with two attached hydrogens (primary N) is 2. The molecule has 12 heavy (non-hydrogen) atoms. The molecule has 0 fully saturated rings. The first-order valence-corrected chi connectivity index (χ1v) is 4.69. The number of rotatable bonds is 2. The Bertz CT molecular complexity index is 271. The Hall–Kier alpha value is -0.540. The molecule has 0 saturated carbocycles. The van der Waals surface area contributed by atoms with Crippen molar-refractivity contribution in [3.8, 4) is 0 Å². The van der Waals surface area contributed by atoms with Crippen LogP contribution in [0, 0.1) is 0 Å². The van der Waals surface area contributed by atoms with Crippen molar-refractivity contribution >= 4 is 21.6 Å². The van der Waals surface area contributed by atoms with E-state index in [1.165, 1.54) is 0 Å². The maximum Gasteiger partial charge on any atom is 0.0491 e. The van der Waals surface area contributed by atoms with Crippen molar-refractivity contribution in [1.82, 2.24) is 0 Å². The summed E-state index contributed by atoms with van der Waals surface area (Å²) in [6.45, 7) is 1.97. The fourth-order valence-corrected chi connectivity index (χ4v) is 1.51. The first kappa shape index (κ1) is 9.55. The van der Waals surface area contributed by atoms with E-state index in [0.29, 0.717) is 0 Å². The van der Waals surface area contributed by atoms with E-state index in [9.17, 15) is 0 Å². The molecule has 1 atom stereocenters. The molecule has 0 aliphatic carbocycles. The summed E-state index contributed by atoms with van der Waals surface area (Å²) in [5, 5.41) is 0. The minimum Gasteiger partial charge on any atom is -0.398 e. The molecule has 1 aromatic carbocycles. The quantitative estimate of drug-likeness (QED) is 0.761. The molecule has 0 radical (unpaired) electrons. The van der Waals surface area contributed by atoms with Crippen LogP contribution in [0.2, 0.25) is 0 Å². The highest BCUT2D eigenvalue weighted by Gasteiger charge is 2.03. The van der Waals surface area contributed by atoms with E-state index in [-0.39, 0.29) is 6.04 Å². The van der Waals surface area contributed by atoms with Gasteiger partial charge in [0.2, 0.25) is 0 Å². The highest BCUT2D eigenvalue weighted by atomic mass is 79.9. The van der Waals surface area contributed by atoms with Gasteiger partial charge in [-0.3, -0.25) is 0 Å². The summed E-state index contributed by atoms with van der Waals surface area (Å²) in [6.07, 6.45) is 0.825. The highest BCUT2D eigenvalue weighted by molar-refractivity contribution is 9.10. The second-order valence-electron chi connectivity index (χ2n) is 2.99. The molecule has 0 aliphatic rings. The molecule has 2 nitrogen and oxygen atoms in total. The van der Waals surface area contributed by atoms with Crippen LogP contribution in [0.15, 0.2) is 22.7 Å². The first-order valence-electron chi connectivity index (χ1n) is 3.89. The summed E-state index contributed by atoms with van der Waals surface area (Å²) in [6, 6.07) is 6.06. The van der Waals surface area contributed by atoms with Gasteiger partial charge in [-0.15, -0.1) is 0 Å². The molecule has 0 amide bonds. The van der Waals surface area contributed by atoms with Gasteiger partial charge in [0.15, 0.2) is 0 Å². The van der Waals surface area contributed by atoms with Crippen LogP contribution in [0.1, 0.15) is 12.5 Å². The SMILES string of the molecule is CC(N)Cc1cccc(Br)c1N. The Kier molecular flexibility index (Phi) is 3.12. The Morgan fingerprint density at radius 1 is 1.50 bits per heavy atom. The van der Waals surface area contributed by atoms with Crippen molar-refractivity contribution in [2.45, 2.75) is 19.4 Å². The monoisotopic (exact) mass is 228 g/mol. The predicted octanol–water partition coefficient (Wildman–Crippen LogP) is 1.92. The molecule has 0 aliphatic heterocycles. The van der Waals surface area contributed by atoms with Gasteiger partial charge in [-0.1, -0.05) is 12.1 Å². The fraction of sp³-hybridized carbons (Fsp3) is 0.333. The number of nitrogen functional groups attached to an aromatic ring is 1. The molecule has 1 aromatic rings. The van der Waals surface area contributed by atoms with Crippen molar-refractivity contribution in [1.29, 1.82) is 0 Å². The lowest BCUT2D eigenvalue weighted by Gasteiger charge is -2.09. The lowest BCUT2D eigenvalue weighted by Crippen LogP contribution is -2.18. The van der Waals surface area contributed by atoms with Crippen LogP contribution in [-0.2, 0) is 6.42 Å². The Balaban J connectivity index is 2.92.